The zero-order valence-electron chi connectivity index (χ0n) is 5.96. The minimum atomic E-state index is 0.260. The number of rotatable bonds is 0. The number of hydrogen-bond donors (Lipinski definition) is 0. The molecule has 0 aromatic carbocycles. The summed E-state index contributed by atoms with van der Waals surface area (Å²) < 4.78 is 6.40. The standard InChI is InChI=1S/C6H11N2Se/c1-6(2,3)8-5-4-7-9-8/h4-5H,1-3H3/q+1. The molecule has 1 rings (SSSR count). The fourth-order valence-corrected chi connectivity index (χ4v) is 1.72. The van der Waals surface area contributed by atoms with Crippen LogP contribution in [0, 0.1) is 0 Å². The van der Waals surface area contributed by atoms with Crippen molar-refractivity contribution in [2.24, 2.45) is 0 Å². The Morgan fingerprint density at radius 2 is 2.11 bits per heavy atom. The summed E-state index contributed by atoms with van der Waals surface area (Å²) in [6.45, 7) is 6.58. The number of aromatic nitrogens is 2. The molecular weight excluding hydrogens is 179 g/mol. The summed E-state index contributed by atoms with van der Waals surface area (Å²) in [6, 6.07) is 0. The van der Waals surface area contributed by atoms with Crippen molar-refractivity contribution in [3.8, 4) is 0 Å². The van der Waals surface area contributed by atoms with Crippen LogP contribution in [0.2, 0.25) is 0 Å². The van der Waals surface area contributed by atoms with Crippen molar-refractivity contribution < 1.29 is 3.56 Å². The Balaban J connectivity index is 2.90. The van der Waals surface area contributed by atoms with Gasteiger partial charge in [0.05, 0.1) is 0 Å². The average Bonchev–Trinajstić information content (AvgIpc) is 2.08. The van der Waals surface area contributed by atoms with E-state index in [1.165, 1.54) is 0 Å². The van der Waals surface area contributed by atoms with E-state index in [0.717, 1.165) is 0 Å². The van der Waals surface area contributed by atoms with E-state index in [-0.39, 0.29) is 5.54 Å². The first-order valence-electron chi connectivity index (χ1n) is 2.94. The van der Waals surface area contributed by atoms with Gasteiger partial charge in [-0.05, 0) is 0 Å². The predicted molar refractivity (Wildman–Crippen MR) is 36.4 cm³/mol. The molecule has 1 aromatic heterocycles. The third kappa shape index (κ3) is 1.63. The maximum absolute atomic E-state index is 4.14. The third-order valence-corrected chi connectivity index (χ3v) is 3.29. The summed E-state index contributed by atoms with van der Waals surface area (Å²) in [7, 11) is 0. The molecule has 0 aliphatic heterocycles. The fourth-order valence-electron chi connectivity index (χ4n) is 0.539. The molecule has 0 spiro atoms. The Bertz CT molecular complexity index is 173. The van der Waals surface area contributed by atoms with Crippen molar-refractivity contribution in [3.05, 3.63) is 12.4 Å². The molecule has 0 aliphatic carbocycles. The first kappa shape index (κ1) is 6.97. The molecule has 0 aliphatic rings. The van der Waals surface area contributed by atoms with Crippen LogP contribution in [0.5, 0.6) is 0 Å². The molecule has 0 atom stereocenters. The van der Waals surface area contributed by atoms with E-state index in [9.17, 15) is 0 Å². The Morgan fingerprint density at radius 1 is 1.44 bits per heavy atom. The first-order chi connectivity index (χ1) is 4.11. The second-order valence-corrected chi connectivity index (χ2v) is 4.59. The summed E-state index contributed by atoms with van der Waals surface area (Å²) in [5.74, 6) is 0. The number of nitrogens with zero attached hydrogens (tertiary/aromatic N) is 2. The third-order valence-electron chi connectivity index (χ3n) is 1.06. The molecule has 2 nitrogen and oxygen atoms in total. The molecule has 0 bridgehead atoms. The van der Waals surface area contributed by atoms with E-state index in [0.29, 0.717) is 15.0 Å². The van der Waals surface area contributed by atoms with Gasteiger partial charge in [-0.1, -0.05) is 0 Å². The van der Waals surface area contributed by atoms with E-state index < -0.39 is 0 Å². The van der Waals surface area contributed by atoms with Crippen LogP contribution in [0.4, 0.5) is 0 Å². The molecule has 0 radical (unpaired) electrons. The van der Waals surface area contributed by atoms with Crippen LogP contribution in [-0.4, -0.2) is 18.9 Å². The zero-order valence-corrected chi connectivity index (χ0v) is 7.67. The molecule has 9 heavy (non-hydrogen) atoms. The topological polar surface area (TPSA) is 16.8 Å². The van der Waals surface area contributed by atoms with Gasteiger partial charge in [0.25, 0.3) is 0 Å². The van der Waals surface area contributed by atoms with Gasteiger partial charge in [-0.3, -0.25) is 0 Å². The zero-order chi connectivity index (χ0) is 6.91. The van der Waals surface area contributed by atoms with Gasteiger partial charge in [-0.25, -0.2) is 0 Å². The van der Waals surface area contributed by atoms with Gasteiger partial charge in [0.2, 0.25) is 0 Å². The molecule has 0 N–H and O–H groups in total. The van der Waals surface area contributed by atoms with Gasteiger partial charge in [0.15, 0.2) is 0 Å². The van der Waals surface area contributed by atoms with Gasteiger partial charge in [-0.15, -0.1) is 0 Å². The summed E-state index contributed by atoms with van der Waals surface area (Å²) in [5, 5.41) is 0. The van der Waals surface area contributed by atoms with Crippen molar-refractivity contribution >= 4 is 15.0 Å². The van der Waals surface area contributed by atoms with Crippen LogP contribution in [0.15, 0.2) is 12.4 Å². The first-order valence-corrected chi connectivity index (χ1v) is 4.47. The summed E-state index contributed by atoms with van der Waals surface area (Å²) in [4.78, 5) is 0. The summed E-state index contributed by atoms with van der Waals surface area (Å²) in [6.07, 6.45) is 3.94. The van der Waals surface area contributed by atoms with Crippen molar-refractivity contribution in [1.29, 1.82) is 0 Å². The molecule has 1 heterocycles. The average molecular weight is 190 g/mol. The van der Waals surface area contributed by atoms with Crippen molar-refractivity contribution in [3.63, 3.8) is 0 Å². The molecular formula is C6H11N2Se+. The van der Waals surface area contributed by atoms with E-state index in [1.807, 2.05) is 6.20 Å². The molecule has 0 saturated heterocycles. The van der Waals surface area contributed by atoms with E-state index in [1.54, 1.807) is 0 Å². The van der Waals surface area contributed by atoms with Crippen LogP contribution in [0.3, 0.4) is 0 Å². The summed E-state index contributed by atoms with van der Waals surface area (Å²) in [5.41, 5.74) is 0.260. The summed E-state index contributed by atoms with van der Waals surface area (Å²) >= 11 is 0.318. The Morgan fingerprint density at radius 3 is 2.33 bits per heavy atom. The second kappa shape index (κ2) is 2.24. The monoisotopic (exact) mass is 191 g/mol. The SMILES string of the molecule is CC(C)(C)[n+]1ccn[se]1. The van der Waals surface area contributed by atoms with Crippen LogP contribution in [-0.2, 0) is 5.54 Å². The second-order valence-electron chi connectivity index (χ2n) is 2.98. The van der Waals surface area contributed by atoms with Crippen molar-refractivity contribution in [2.45, 2.75) is 26.3 Å². The minimum absolute atomic E-state index is 0.260. The van der Waals surface area contributed by atoms with E-state index in [2.05, 4.69) is 34.5 Å². The molecule has 0 amide bonds. The van der Waals surface area contributed by atoms with Gasteiger partial charge in [0, 0.05) is 0 Å². The Labute approximate surface area is 61.7 Å². The normalized spacial score (nSPS) is 11.9. The molecule has 0 unspecified atom stereocenters. The van der Waals surface area contributed by atoms with Gasteiger partial charge in [0.1, 0.15) is 0 Å². The molecule has 50 valence electrons. The van der Waals surface area contributed by atoms with Crippen LogP contribution < -0.4 is 3.56 Å². The van der Waals surface area contributed by atoms with Crippen molar-refractivity contribution in [2.75, 3.05) is 0 Å². The van der Waals surface area contributed by atoms with Gasteiger partial charge in [-0.2, -0.15) is 0 Å². The molecule has 0 saturated carbocycles. The fraction of sp³-hybridized carbons (Fsp3) is 0.667. The van der Waals surface area contributed by atoms with Gasteiger partial charge < -0.3 is 0 Å². The number of hydrogen-bond acceptors (Lipinski definition) is 1. The molecule has 0 fully saturated rings. The Kier molecular flexibility index (Phi) is 1.73. The molecule has 3 heteroatoms. The Hall–Kier alpha value is -0.141. The van der Waals surface area contributed by atoms with E-state index >= 15 is 0 Å². The quantitative estimate of drug-likeness (QED) is 0.533. The molecule has 1 aromatic rings. The maximum atomic E-state index is 4.14. The van der Waals surface area contributed by atoms with Crippen LogP contribution in [0.1, 0.15) is 20.8 Å². The van der Waals surface area contributed by atoms with Gasteiger partial charge >= 0.3 is 61.2 Å². The van der Waals surface area contributed by atoms with Crippen LogP contribution >= 0.6 is 0 Å². The van der Waals surface area contributed by atoms with Crippen LogP contribution in [0.25, 0.3) is 0 Å². The van der Waals surface area contributed by atoms with E-state index in [4.69, 9.17) is 0 Å². The predicted octanol–water partition coefficient (Wildman–Crippen LogP) is 0.181. The van der Waals surface area contributed by atoms with Crippen molar-refractivity contribution in [1.82, 2.24) is 3.98 Å².